The number of hydrogen-bond donors (Lipinski definition) is 0. The lowest BCUT2D eigenvalue weighted by molar-refractivity contribution is 0.111. The molecule has 0 fully saturated rings. The molecule has 2 aromatic rings. The largest absolute Gasteiger partial charge is 0.338 e. The average molecular weight is 213 g/mol. The normalized spacial score (nSPS) is 10.4. The maximum Gasteiger partial charge on any atom is 0.166 e. The van der Waals surface area contributed by atoms with Crippen molar-refractivity contribution >= 4 is 6.29 Å². The molecule has 0 amide bonds. The molecule has 0 bridgehead atoms. The topological polar surface area (TPSA) is 22.0 Å². The highest BCUT2D eigenvalue weighted by Crippen LogP contribution is 2.15. The van der Waals surface area contributed by atoms with E-state index in [0.29, 0.717) is 0 Å². The number of carbonyl (C=O) groups excluding carboxylic acids is 1. The molecular formula is C14H15NO. The quantitative estimate of drug-likeness (QED) is 0.718. The standard InChI is InChI=1S/C14H15NO/c1-11-8-14(10-16)15(12(11)2)9-13-6-4-3-5-7-13/h3-8,10H,9H2,1-2H3. The summed E-state index contributed by atoms with van der Waals surface area (Å²) in [4.78, 5) is 11.0. The van der Waals surface area contributed by atoms with Gasteiger partial charge in [0.25, 0.3) is 0 Å². The van der Waals surface area contributed by atoms with Gasteiger partial charge < -0.3 is 4.57 Å². The maximum atomic E-state index is 11.0. The molecular weight excluding hydrogens is 198 g/mol. The molecule has 0 N–H and O–H groups in total. The first kappa shape index (κ1) is 10.7. The van der Waals surface area contributed by atoms with Gasteiger partial charge in [0.15, 0.2) is 6.29 Å². The Morgan fingerprint density at radius 3 is 2.50 bits per heavy atom. The van der Waals surface area contributed by atoms with E-state index in [-0.39, 0.29) is 0 Å². The van der Waals surface area contributed by atoms with Crippen LogP contribution in [0.5, 0.6) is 0 Å². The molecule has 0 aliphatic rings. The molecule has 2 heteroatoms. The fraction of sp³-hybridized carbons (Fsp3) is 0.214. The Morgan fingerprint density at radius 2 is 1.88 bits per heavy atom. The van der Waals surface area contributed by atoms with Gasteiger partial charge in [-0.3, -0.25) is 4.79 Å². The van der Waals surface area contributed by atoms with Gasteiger partial charge in [0.1, 0.15) is 0 Å². The van der Waals surface area contributed by atoms with Crippen molar-refractivity contribution in [2.24, 2.45) is 0 Å². The van der Waals surface area contributed by atoms with Gasteiger partial charge >= 0.3 is 0 Å². The third-order valence-corrected chi connectivity index (χ3v) is 2.96. The zero-order valence-electron chi connectivity index (χ0n) is 9.60. The van der Waals surface area contributed by atoms with E-state index in [9.17, 15) is 4.79 Å². The first-order valence-electron chi connectivity index (χ1n) is 5.38. The van der Waals surface area contributed by atoms with Crippen LogP contribution in [0.3, 0.4) is 0 Å². The van der Waals surface area contributed by atoms with E-state index in [1.54, 1.807) is 0 Å². The van der Waals surface area contributed by atoms with Gasteiger partial charge in [0.05, 0.1) is 5.69 Å². The van der Waals surface area contributed by atoms with E-state index in [0.717, 1.165) is 29.8 Å². The summed E-state index contributed by atoms with van der Waals surface area (Å²) in [6.45, 7) is 4.84. The molecule has 0 aliphatic carbocycles. The van der Waals surface area contributed by atoms with Crippen LogP contribution in [-0.4, -0.2) is 10.9 Å². The highest BCUT2D eigenvalue weighted by atomic mass is 16.1. The number of hydrogen-bond acceptors (Lipinski definition) is 1. The van der Waals surface area contributed by atoms with Gasteiger partial charge in [-0.05, 0) is 31.0 Å². The van der Waals surface area contributed by atoms with E-state index >= 15 is 0 Å². The van der Waals surface area contributed by atoms with Crippen molar-refractivity contribution in [1.29, 1.82) is 0 Å². The van der Waals surface area contributed by atoms with Crippen LogP contribution in [0.4, 0.5) is 0 Å². The van der Waals surface area contributed by atoms with Crippen molar-refractivity contribution in [3.8, 4) is 0 Å². The van der Waals surface area contributed by atoms with Crippen molar-refractivity contribution in [2.75, 3.05) is 0 Å². The Bertz CT molecular complexity index is 497. The third-order valence-electron chi connectivity index (χ3n) is 2.96. The first-order chi connectivity index (χ1) is 7.72. The molecule has 0 aliphatic heterocycles. The second-order valence-corrected chi connectivity index (χ2v) is 4.03. The highest BCUT2D eigenvalue weighted by molar-refractivity contribution is 5.73. The number of nitrogens with zero attached hydrogens (tertiary/aromatic N) is 1. The molecule has 0 saturated heterocycles. The van der Waals surface area contributed by atoms with E-state index in [1.807, 2.05) is 38.1 Å². The molecule has 1 aromatic carbocycles. The Morgan fingerprint density at radius 1 is 1.19 bits per heavy atom. The maximum absolute atomic E-state index is 11.0. The summed E-state index contributed by atoms with van der Waals surface area (Å²) >= 11 is 0. The predicted octanol–water partition coefficient (Wildman–Crippen LogP) is 2.97. The van der Waals surface area contributed by atoms with Crippen LogP contribution in [0, 0.1) is 13.8 Å². The Hall–Kier alpha value is -1.83. The van der Waals surface area contributed by atoms with Gasteiger partial charge in [0.2, 0.25) is 0 Å². The molecule has 0 radical (unpaired) electrons. The number of benzene rings is 1. The number of aldehydes is 1. The lowest BCUT2D eigenvalue weighted by atomic mass is 10.2. The highest BCUT2D eigenvalue weighted by Gasteiger charge is 2.08. The lowest BCUT2D eigenvalue weighted by Crippen LogP contribution is -2.05. The predicted molar refractivity (Wildman–Crippen MR) is 64.8 cm³/mol. The molecule has 0 atom stereocenters. The second kappa shape index (κ2) is 4.35. The van der Waals surface area contributed by atoms with Gasteiger partial charge in [-0.2, -0.15) is 0 Å². The van der Waals surface area contributed by atoms with Crippen LogP contribution in [0.25, 0.3) is 0 Å². The summed E-state index contributed by atoms with van der Waals surface area (Å²) < 4.78 is 2.05. The van der Waals surface area contributed by atoms with E-state index in [4.69, 9.17) is 0 Å². The van der Waals surface area contributed by atoms with Crippen LogP contribution in [-0.2, 0) is 6.54 Å². The average Bonchev–Trinajstić information content (AvgIpc) is 2.58. The van der Waals surface area contributed by atoms with E-state index in [2.05, 4.69) is 16.7 Å². The fourth-order valence-electron chi connectivity index (χ4n) is 1.88. The zero-order valence-corrected chi connectivity index (χ0v) is 9.60. The zero-order chi connectivity index (χ0) is 11.5. The molecule has 82 valence electrons. The van der Waals surface area contributed by atoms with Gasteiger partial charge in [-0.25, -0.2) is 0 Å². The monoisotopic (exact) mass is 213 g/mol. The molecule has 0 unspecified atom stereocenters. The van der Waals surface area contributed by atoms with Gasteiger partial charge in [-0.15, -0.1) is 0 Å². The third kappa shape index (κ3) is 1.91. The van der Waals surface area contributed by atoms with Crippen LogP contribution in [0.2, 0.25) is 0 Å². The van der Waals surface area contributed by atoms with Gasteiger partial charge in [0, 0.05) is 12.2 Å². The van der Waals surface area contributed by atoms with Crippen molar-refractivity contribution in [2.45, 2.75) is 20.4 Å². The summed E-state index contributed by atoms with van der Waals surface area (Å²) in [6.07, 6.45) is 0.920. The number of aryl methyl sites for hydroxylation is 1. The smallest absolute Gasteiger partial charge is 0.166 e. The second-order valence-electron chi connectivity index (χ2n) is 4.03. The van der Waals surface area contributed by atoms with E-state index in [1.165, 1.54) is 5.56 Å². The van der Waals surface area contributed by atoms with Crippen LogP contribution < -0.4 is 0 Å². The molecule has 1 aromatic heterocycles. The van der Waals surface area contributed by atoms with E-state index < -0.39 is 0 Å². The summed E-state index contributed by atoms with van der Waals surface area (Å²) in [5, 5.41) is 0. The van der Waals surface area contributed by atoms with Crippen LogP contribution in [0.1, 0.15) is 27.3 Å². The van der Waals surface area contributed by atoms with Crippen LogP contribution in [0.15, 0.2) is 36.4 Å². The van der Waals surface area contributed by atoms with Crippen molar-refractivity contribution < 1.29 is 4.79 Å². The molecule has 2 nitrogen and oxygen atoms in total. The van der Waals surface area contributed by atoms with Crippen molar-refractivity contribution in [3.05, 3.63) is 58.9 Å². The minimum atomic E-state index is 0.749. The Balaban J connectivity index is 2.38. The first-order valence-corrected chi connectivity index (χ1v) is 5.38. The van der Waals surface area contributed by atoms with Crippen molar-refractivity contribution in [3.63, 3.8) is 0 Å². The molecule has 16 heavy (non-hydrogen) atoms. The Kier molecular flexibility index (Phi) is 2.91. The summed E-state index contributed by atoms with van der Waals surface area (Å²) in [7, 11) is 0. The summed E-state index contributed by atoms with van der Waals surface area (Å²) in [6, 6.07) is 12.1. The molecule has 1 heterocycles. The molecule has 0 spiro atoms. The number of carbonyl (C=O) groups is 1. The summed E-state index contributed by atoms with van der Waals surface area (Å²) in [5.41, 5.74) is 4.28. The van der Waals surface area contributed by atoms with Crippen molar-refractivity contribution in [1.82, 2.24) is 4.57 Å². The van der Waals surface area contributed by atoms with Crippen LogP contribution >= 0.6 is 0 Å². The lowest BCUT2D eigenvalue weighted by Gasteiger charge is -2.08. The molecule has 0 saturated carbocycles. The Labute approximate surface area is 95.5 Å². The minimum absolute atomic E-state index is 0.749. The number of aromatic nitrogens is 1. The minimum Gasteiger partial charge on any atom is -0.338 e. The number of rotatable bonds is 3. The summed E-state index contributed by atoms with van der Waals surface area (Å²) in [5.74, 6) is 0. The van der Waals surface area contributed by atoms with Gasteiger partial charge in [-0.1, -0.05) is 30.3 Å². The SMILES string of the molecule is Cc1cc(C=O)n(Cc2ccccc2)c1C. The fourth-order valence-corrected chi connectivity index (χ4v) is 1.88. The molecule has 2 rings (SSSR count).